The minimum absolute atomic E-state index is 0.334. The summed E-state index contributed by atoms with van der Waals surface area (Å²) in [5, 5.41) is 6.25. The second-order valence-electron chi connectivity index (χ2n) is 7.84. The molecule has 0 radical (unpaired) electrons. The first-order chi connectivity index (χ1) is 16.1. The van der Waals surface area contributed by atoms with E-state index in [0.29, 0.717) is 60.6 Å². The van der Waals surface area contributed by atoms with Gasteiger partial charge < -0.3 is 30.8 Å². The molecule has 0 aliphatic carbocycles. The Morgan fingerprint density at radius 3 is 2.79 bits per heavy atom. The monoisotopic (exact) mass is 446 g/mol. The summed E-state index contributed by atoms with van der Waals surface area (Å²) < 4.78 is 20.3. The smallest absolute Gasteiger partial charge is 0.148 e. The molecular weight excluding hydrogens is 423 g/mol. The Morgan fingerprint density at radius 2 is 2.06 bits per heavy atom. The molecule has 4 heterocycles. The topological polar surface area (TPSA) is 105 Å². The van der Waals surface area contributed by atoms with Gasteiger partial charge in [-0.25, -0.2) is 14.4 Å². The molecule has 1 aromatic carbocycles. The van der Waals surface area contributed by atoms with Crippen LogP contribution in [0.3, 0.4) is 0 Å². The normalized spacial score (nSPS) is 17.2. The van der Waals surface area contributed by atoms with Gasteiger partial charge in [0.25, 0.3) is 0 Å². The molecule has 0 amide bonds. The minimum atomic E-state index is -0.573. The van der Waals surface area contributed by atoms with Crippen molar-refractivity contribution >= 4 is 35.4 Å². The number of nitrogens with zero attached hydrogens (tertiary/aromatic N) is 3. The number of aromatic nitrogens is 2. The van der Waals surface area contributed by atoms with Crippen LogP contribution in [0.15, 0.2) is 48.8 Å². The van der Waals surface area contributed by atoms with E-state index in [1.165, 1.54) is 6.07 Å². The van der Waals surface area contributed by atoms with Crippen molar-refractivity contribution in [2.75, 3.05) is 42.3 Å². The molecule has 9 heteroatoms. The Bertz CT molecular complexity index is 1210. The largest absolute Gasteiger partial charge is 0.384 e. The molecule has 4 N–H and O–H groups in total. The average molecular weight is 446 g/mol. The molecule has 2 aliphatic heterocycles. The van der Waals surface area contributed by atoms with E-state index in [4.69, 9.17) is 15.5 Å². The van der Waals surface area contributed by atoms with Crippen LogP contribution >= 0.6 is 0 Å². The summed E-state index contributed by atoms with van der Waals surface area (Å²) in [5.74, 6) is 0.544. The van der Waals surface area contributed by atoms with Crippen molar-refractivity contribution in [3.8, 4) is 11.3 Å². The number of benzene rings is 1. The highest BCUT2D eigenvalue weighted by Gasteiger charge is 2.23. The van der Waals surface area contributed by atoms with Crippen LogP contribution in [-0.4, -0.2) is 42.6 Å². The molecule has 0 saturated carbocycles. The number of fused-ring (bicyclic) bond motifs is 1. The van der Waals surface area contributed by atoms with E-state index >= 15 is 0 Å². The number of nitrogens with two attached hydrogens (primary N) is 1. The van der Waals surface area contributed by atoms with E-state index in [2.05, 4.69) is 15.6 Å². The van der Waals surface area contributed by atoms with Gasteiger partial charge in [0.2, 0.25) is 0 Å². The van der Waals surface area contributed by atoms with Crippen LogP contribution in [0.1, 0.15) is 17.2 Å². The number of carbonyl (C=O) groups excluding carboxylic acids is 1. The summed E-state index contributed by atoms with van der Waals surface area (Å²) >= 11 is 0. The summed E-state index contributed by atoms with van der Waals surface area (Å²) in [5.41, 5.74) is 9.75. The summed E-state index contributed by atoms with van der Waals surface area (Å²) in [6, 6.07) is 9.85. The SMILES string of the molecule is Nc1ccc(-c2cc3c(c(Nc4ccc(N5CCOCC5)c(F)c4)n2)C(C=O)NC=C3)cn1. The lowest BCUT2D eigenvalue weighted by Gasteiger charge is -2.29. The number of ether oxygens (including phenoxy) is 1. The van der Waals surface area contributed by atoms with Gasteiger partial charge in [-0.15, -0.1) is 0 Å². The Morgan fingerprint density at radius 1 is 1.21 bits per heavy atom. The maximum Gasteiger partial charge on any atom is 0.148 e. The number of pyridine rings is 2. The van der Waals surface area contributed by atoms with Crippen LogP contribution in [0, 0.1) is 5.82 Å². The standard InChI is InChI=1S/C24H23FN6O2/c25-18-12-17(2-3-21(18)31-7-9-33-10-8-31)29-24-23-15(5-6-27-20(23)14-32)11-19(30-24)16-1-4-22(26)28-13-16/h1-6,11-14,20,27H,7-10H2,(H2,26,28)(H,29,30). The lowest BCUT2D eigenvalue weighted by molar-refractivity contribution is -0.109. The number of halogens is 1. The molecule has 2 aliphatic rings. The van der Waals surface area contributed by atoms with Gasteiger partial charge in [-0.1, -0.05) is 0 Å². The number of hydrogen-bond acceptors (Lipinski definition) is 8. The predicted molar refractivity (Wildman–Crippen MR) is 126 cm³/mol. The molecule has 1 atom stereocenters. The van der Waals surface area contributed by atoms with E-state index in [1.54, 1.807) is 30.6 Å². The summed E-state index contributed by atoms with van der Waals surface area (Å²) in [6.45, 7) is 2.46. The van der Waals surface area contributed by atoms with Crippen molar-refractivity contribution in [3.05, 3.63) is 65.7 Å². The molecule has 1 saturated heterocycles. The minimum Gasteiger partial charge on any atom is -0.384 e. The average Bonchev–Trinajstić information content (AvgIpc) is 2.84. The van der Waals surface area contributed by atoms with Crippen molar-refractivity contribution in [2.24, 2.45) is 0 Å². The van der Waals surface area contributed by atoms with E-state index < -0.39 is 6.04 Å². The fourth-order valence-corrected chi connectivity index (χ4v) is 4.05. The van der Waals surface area contributed by atoms with Crippen molar-refractivity contribution in [3.63, 3.8) is 0 Å². The van der Waals surface area contributed by atoms with Gasteiger partial charge in [-0.05, 0) is 54.2 Å². The van der Waals surface area contributed by atoms with E-state index in [9.17, 15) is 9.18 Å². The zero-order valence-electron chi connectivity index (χ0n) is 17.8. The molecule has 33 heavy (non-hydrogen) atoms. The number of aldehydes is 1. The summed E-state index contributed by atoms with van der Waals surface area (Å²) in [6.07, 6.45) is 6.07. The summed E-state index contributed by atoms with van der Waals surface area (Å²) in [7, 11) is 0. The molecule has 0 bridgehead atoms. The first-order valence-electron chi connectivity index (χ1n) is 10.7. The Kier molecular flexibility index (Phi) is 5.62. The van der Waals surface area contributed by atoms with Crippen molar-refractivity contribution in [2.45, 2.75) is 6.04 Å². The van der Waals surface area contributed by atoms with Gasteiger partial charge in [-0.2, -0.15) is 0 Å². The molecule has 8 nitrogen and oxygen atoms in total. The molecule has 168 valence electrons. The fourth-order valence-electron chi connectivity index (χ4n) is 4.05. The molecule has 2 aromatic heterocycles. The summed E-state index contributed by atoms with van der Waals surface area (Å²) in [4.78, 5) is 22.6. The molecule has 1 fully saturated rings. The maximum atomic E-state index is 15.0. The zero-order valence-corrected chi connectivity index (χ0v) is 17.8. The molecule has 1 unspecified atom stereocenters. The van der Waals surface area contributed by atoms with Gasteiger partial charge in [0.05, 0.1) is 24.6 Å². The third kappa shape index (κ3) is 4.22. The van der Waals surface area contributed by atoms with Gasteiger partial charge >= 0.3 is 0 Å². The zero-order chi connectivity index (χ0) is 22.8. The highest BCUT2D eigenvalue weighted by atomic mass is 19.1. The third-order valence-electron chi connectivity index (χ3n) is 5.72. The number of anilines is 4. The number of rotatable bonds is 5. The van der Waals surface area contributed by atoms with Gasteiger partial charge in [0, 0.05) is 36.1 Å². The van der Waals surface area contributed by atoms with E-state index in [1.807, 2.05) is 23.1 Å². The second kappa shape index (κ2) is 8.87. The lowest BCUT2D eigenvalue weighted by atomic mass is 9.97. The highest BCUT2D eigenvalue weighted by Crippen LogP contribution is 2.34. The lowest BCUT2D eigenvalue weighted by Crippen LogP contribution is -2.36. The quantitative estimate of drug-likeness (QED) is 0.513. The predicted octanol–water partition coefficient (Wildman–Crippen LogP) is 3.26. The molecule has 3 aromatic rings. The fraction of sp³-hybridized carbons (Fsp3) is 0.208. The van der Waals surface area contributed by atoms with Gasteiger partial charge in [0.1, 0.15) is 29.8 Å². The number of morpholine rings is 1. The maximum absolute atomic E-state index is 15.0. The van der Waals surface area contributed by atoms with Crippen molar-refractivity contribution in [1.82, 2.24) is 15.3 Å². The Balaban J connectivity index is 1.53. The first kappa shape index (κ1) is 20.9. The van der Waals surface area contributed by atoms with Crippen LogP contribution in [0.5, 0.6) is 0 Å². The highest BCUT2D eigenvalue weighted by molar-refractivity contribution is 5.80. The number of nitrogens with one attached hydrogen (secondary N) is 2. The molecule has 5 rings (SSSR count). The van der Waals surface area contributed by atoms with E-state index in [0.717, 1.165) is 17.4 Å². The Hall–Kier alpha value is -3.98. The van der Waals surface area contributed by atoms with Crippen LogP contribution in [0.2, 0.25) is 0 Å². The second-order valence-corrected chi connectivity index (χ2v) is 7.84. The molecular formula is C24H23FN6O2. The number of hydrogen-bond donors (Lipinski definition) is 3. The van der Waals surface area contributed by atoms with Crippen LogP contribution < -0.4 is 21.3 Å². The van der Waals surface area contributed by atoms with Crippen LogP contribution in [-0.2, 0) is 9.53 Å². The first-order valence-corrected chi connectivity index (χ1v) is 10.7. The Labute approximate surface area is 190 Å². The van der Waals surface area contributed by atoms with Crippen LogP contribution in [0.4, 0.5) is 27.4 Å². The van der Waals surface area contributed by atoms with Gasteiger partial charge in [0.15, 0.2) is 0 Å². The van der Waals surface area contributed by atoms with Gasteiger partial charge in [-0.3, -0.25) is 0 Å². The number of carbonyl (C=O) groups is 1. The number of nitrogen functional groups attached to an aromatic ring is 1. The van der Waals surface area contributed by atoms with E-state index in [-0.39, 0.29) is 5.82 Å². The third-order valence-corrected chi connectivity index (χ3v) is 5.72. The van der Waals surface area contributed by atoms with Crippen LogP contribution in [0.25, 0.3) is 17.3 Å². The molecule has 0 spiro atoms. The van der Waals surface area contributed by atoms with Crippen molar-refractivity contribution < 1.29 is 13.9 Å². The van der Waals surface area contributed by atoms with Crippen molar-refractivity contribution in [1.29, 1.82) is 0 Å².